The second-order valence-electron chi connectivity index (χ2n) is 10.5. The molecule has 0 aromatic heterocycles. The molecular weight excluding hydrogens is 434 g/mol. The van der Waals surface area contributed by atoms with Crippen molar-refractivity contribution in [1.29, 1.82) is 0 Å². The van der Waals surface area contributed by atoms with E-state index in [2.05, 4.69) is 46.9 Å². The van der Waals surface area contributed by atoms with Crippen LogP contribution in [0.3, 0.4) is 0 Å². The fraction of sp³-hybridized carbons (Fsp3) is 0.731. The molecule has 190 valence electrons. The lowest BCUT2D eigenvalue weighted by Crippen LogP contribution is -2.46. The summed E-state index contributed by atoms with van der Waals surface area (Å²) >= 11 is 0. The summed E-state index contributed by atoms with van der Waals surface area (Å²) in [5.41, 5.74) is 2.57. The summed E-state index contributed by atoms with van der Waals surface area (Å²) in [6, 6.07) is 4.78. The molecular formula is C26H47NO5Si. The first-order chi connectivity index (χ1) is 15.3. The number of nitrogens with one attached hydrogen (secondary N) is 1. The largest absolute Gasteiger partial charge is 0.507 e. The number of benzene rings is 1. The molecule has 1 amide bonds. The number of hydrogen-bond donors (Lipinski definition) is 2. The van der Waals surface area contributed by atoms with Gasteiger partial charge >= 0.3 is 8.80 Å². The highest BCUT2D eigenvalue weighted by Gasteiger charge is 2.39. The molecule has 0 heterocycles. The van der Waals surface area contributed by atoms with Crippen molar-refractivity contribution >= 4 is 14.7 Å². The Labute approximate surface area is 202 Å². The molecule has 6 nitrogen and oxygen atoms in total. The third kappa shape index (κ3) is 9.39. The van der Waals surface area contributed by atoms with Gasteiger partial charge in [-0.05, 0) is 61.1 Å². The van der Waals surface area contributed by atoms with Gasteiger partial charge in [0.15, 0.2) is 0 Å². The maximum absolute atomic E-state index is 12.5. The molecule has 33 heavy (non-hydrogen) atoms. The van der Waals surface area contributed by atoms with Crippen LogP contribution in [0.25, 0.3) is 0 Å². The molecule has 0 aliphatic rings. The Balaban J connectivity index is 2.74. The van der Waals surface area contributed by atoms with Crippen LogP contribution in [0.2, 0.25) is 6.04 Å². The zero-order valence-electron chi connectivity index (χ0n) is 22.4. The Hall–Kier alpha value is -1.41. The molecule has 0 aliphatic carbocycles. The Morgan fingerprint density at radius 1 is 0.909 bits per heavy atom. The lowest BCUT2D eigenvalue weighted by Gasteiger charge is -2.28. The summed E-state index contributed by atoms with van der Waals surface area (Å²) in [7, 11) is -2.67. The van der Waals surface area contributed by atoms with Crippen LogP contribution in [0, 0.1) is 0 Å². The molecule has 1 rings (SSSR count). The quantitative estimate of drug-likeness (QED) is 0.288. The van der Waals surface area contributed by atoms with Crippen LogP contribution in [-0.2, 0) is 35.3 Å². The Morgan fingerprint density at radius 2 is 1.36 bits per heavy atom. The molecule has 7 heteroatoms. The van der Waals surface area contributed by atoms with Gasteiger partial charge in [-0.3, -0.25) is 4.79 Å². The van der Waals surface area contributed by atoms with Crippen LogP contribution in [0.4, 0.5) is 0 Å². The van der Waals surface area contributed by atoms with E-state index in [1.165, 1.54) is 0 Å². The van der Waals surface area contributed by atoms with E-state index in [9.17, 15) is 9.90 Å². The Bertz CT molecular complexity index is 700. The van der Waals surface area contributed by atoms with Gasteiger partial charge in [0.25, 0.3) is 0 Å². The monoisotopic (exact) mass is 481 g/mol. The maximum atomic E-state index is 12.5. The van der Waals surface area contributed by atoms with Gasteiger partial charge < -0.3 is 23.7 Å². The van der Waals surface area contributed by atoms with E-state index < -0.39 is 8.80 Å². The number of aromatic hydroxyl groups is 1. The molecule has 0 unspecified atom stereocenters. The van der Waals surface area contributed by atoms with Gasteiger partial charge in [-0.1, -0.05) is 53.7 Å². The first kappa shape index (κ1) is 29.6. The van der Waals surface area contributed by atoms with Crippen LogP contribution < -0.4 is 5.32 Å². The Kier molecular flexibility index (Phi) is 11.6. The zero-order chi connectivity index (χ0) is 25.3. The van der Waals surface area contributed by atoms with Gasteiger partial charge in [0.05, 0.1) is 0 Å². The highest BCUT2D eigenvalue weighted by atomic mass is 28.4. The van der Waals surface area contributed by atoms with Gasteiger partial charge in [-0.15, -0.1) is 0 Å². The molecule has 0 saturated heterocycles. The third-order valence-electron chi connectivity index (χ3n) is 5.50. The molecule has 0 aliphatic heterocycles. The summed E-state index contributed by atoms with van der Waals surface area (Å²) in [6.07, 6.45) is 1.79. The number of carbonyl (C=O) groups excluding carboxylic acids is 1. The molecule has 0 atom stereocenters. The zero-order valence-corrected chi connectivity index (χ0v) is 23.4. The molecule has 1 aromatic rings. The van der Waals surface area contributed by atoms with Crippen molar-refractivity contribution in [2.24, 2.45) is 0 Å². The van der Waals surface area contributed by atoms with E-state index >= 15 is 0 Å². The van der Waals surface area contributed by atoms with E-state index in [-0.39, 0.29) is 16.7 Å². The molecule has 0 radical (unpaired) electrons. The highest BCUT2D eigenvalue weighted by Crippen LogP contribution is 2.40. The SMILES string of the molecule is CCO[Si](CCCNC(=O)CCc1cc(C(C)(C)C)c(O)c(C(C)(C)C)c1)(OCC)OCC. The van der Waals surface area contributed by atoms with Gasteiger partial charge in [0.1, 0.15) is 5.75 Å². The summed E-state index contributed by atoms with van der Waals surface area (Å²) in [4.78, 5) is 12.5. The predicted octanol–water partition coefficient (Wildman–Crippen LogP) is 5.47. The van der Waals surface area contributed by atoms with Crippen molar-refractivity contribution in [3.05, 3.63) is 28.8 Å². The van der Waals surface area contributed by atoms with Crippen molar-refractivity contribution < 1.29 is 23.2 Å². The molecule has 0 spiro atoms. The minimum atomic E-state index is -2.67. The molecule has 0 bridgehead atoms. The summed E-state index contributed by atoms with van der Waals surface area (Å²) < 4.78 is 17.6. The first-order valence-electron chi connectivity index (χ1n) is 12.3. The highest BCUT2D eigenvalue weighted by molar-refractivity contribution is 6.60. The van der Waals surface area contributed by atoms with Crippen LogP contribution in [-0.4, -0.2) is 46.2 Å². The summed E-state index contributed by atoms with van der Waals surface area (Å²) in [5.74, 6) is 0.392. The number of rotatable bonds is 13. The maximum Gasteiger partial charge on any atom is 0.500 e. The van der Waals surface area contributed by atoms with Gasteiger partial charge in [0.2, 0.25) is 5.91 Å². The number of hydrogen-bond acceptors (Lipinski definition) is 5. The van der Waals surface area contributed by atoms with Gasteiger partial charge in [-0.2, -0.15) is 0 Å². The normalized spacial score (nSPS) is 12.8. The molecule has 1 aromatic carbocycles. The summed E-state index contributed by atoms with van der Waals surface area (Å²) in [5, 5.41) is 13.9. The lowest BCUT2D eigenvalue weighted by molar-refractivity contribution is -0.121. The van der Waals surface area contributed by atoms with Crippen LogP contribution in [0.5, 0.6) is 5.75 Å². The molecule has 0 saturated carbocycles. The molecule has 0 fully saturated rings. The van der Waals surface area contributed by atoms with Crippen molar-refractivity contribution in [2.45, 2.75) is 98.5 Å². The van der Waals surface area contributed by atoms with Crippen LogP contribution in [0.1, 0.15) is 91.8 Å². The second-order valence-corrected chi connectivity index (χ2v) is 13.2. The van der Waals surface area contributed by atoms with E-state index in [0.717, 1.165) is 23.1 Å². The fourth-order valence-electron chi connectivity index (χ4n) is 3.86. The predicted molar refractivity (Wildman–Crippen MR) is 137 cm³/mol. The van der Waals surface area contributed by atoms with E-state index in [1.54, 1.807) is 0 Å². The van der Waals surface area contributed by atoms with Crippen molar-refractivity contribution in [3.63, 3.8) is 0 Å². The van der Waals surface area contributed by atoms with Crippen molar-refractivity contribution in [3.8, 4) is 5.75 Å². The lowest BCUT2D eigenvalue weighted by atomic mass is 9.78. The van der Waals surface area contributed by atoms with E-state index in [1.807, 2.05) is 32.9 Å². The fourth-order valence-corrected chi connectivity index (χ4v) is 6.47. The standard InChI is InChI=1S/C26H47NO5Si/c1-10-30-33(31-11-2,32-12-3)17-13-16-27-23(28)15-14-20-18-21(25(4,5)6)24(29)22(19-20)26(7,8)9/h18-19,29H,10-17H2,1-9H3,(H,27,28). The third-order valence-corrected chi connectivity index (χ3v) is 8.65. The topological polar surface area (TPSA) is 77.0 Å². The number of amides is 1. The smallest absolute Gasteiger partial charge is 0.500 e. The van der Waals surface area contributed by atoms with Crippen LogP contribution >= 0.6 is 0 Å². The second kappa shape index (κ2) is 12.9. The number of phenols is 1. The molecule has 2 N–H and O–H groups in total. The van der Waals surface area contributed by atoms with E-state index in [0.29, 0.717) is 51.0 Å². The average molecular weight is 482 g/mol. The van der Waals surface area contributed by atoms with Gasteiger partial charge in [-0.25, -0.2) is 0 Å². The number of phenolic OH excluding ortho intramolecular Hbond substituents is 1. The number of carbonyl (C=O) groups is 1. The van der Waals surface area contributed by atoms with Crippen molar-refractivity contribution in [1.82, 2.24) is 5.32 Å². The minimum absolute atomic E-state index is 0.0224. The average Bonchev–Trinajstić information content (AvgIpc) is 2.69. The van der Waals surface area contributed by atoms with Gasteiger partial charge in [0, 0.05) is 38.8 Å². The first-order valence-corrected chi connectivity index (χ1v) is 14.3. The Morgan fingerprint density at radius 3 is 1.76 bits per heavy atom. The van der Waals surface area contributed by atoms with Crippen molar-refractivity contribution in [2.75, 3.05) is 26.4 Å². The van der Waals surface area contributed by atoms with E-state index in [4.69, 9.17) is 13.3 Å². The minimum Gasteiger partial charge on any atom is -0.507 e. The summed E-state index contributed by atoms with van der Waals surface area (Å²) in [6.45, 7) is 20.7. The van der Waals surface area contributed by atoms with Crippen LogP contribution in [0.15, 0.2) is 12.1 Å². The number of aryl methyl sites for hydroxylation is 1.